The van der Waals surface area contributed by atoms with E-state index in [1.807, 2.05) is 18.2 Å². The van der Waals surface area contributed by atoms with Crippen molar-refractivity contribution in [1.29, 1.82) is 0 Å². The van der Waals surface area contributed by atoms with Crippen molar-refractivity contribution in [3.63, 3.8) is 0 Å². The minimum Gasteiger partial charge on any atom is -0.461 e. The van der Waals surface area contributed by atoms with Crippen LogP contribution in [0.5, 0.6) is 0 Å². The van der Waals surface area contributed by atoms with E-state index in [9.17, 15) is 9.59 Å². The zero-order valence-corrected chi connectivity index (χ0v) is 18.9. The molecule has 0 spiro atoms. The molecule has 0 aromatic carbocycles. The zero-order valence-electron chi connectivity index (χ0n) is 17.4. The number of esters is 1. The molecule has 1 amide bonds. The number of rotatable bonds is 7. The van der Waals surface area contributed by atoms with Crippen LogP contribution in [0.15, 0.2) is 29.0 Å². The molecule has 2 aromatic rings. The number of pyridine rings is 1. The molecule has 2 rings (SSSR count). The van der Waals surface area contributed by atoms with E-state index >= 15 is 0 Å². The largest absolute Gasteiger partial charge is 0.461 e. The topological polar surface area (TPSA) is 95.3 Å². The van der Waals surface area contributed by atoms with Crippen molar-refractivity contribution in [3.8, 4) is 0 Å². The summed E-state index contributed by atoms with van der Waals surface area (Å²) in [4.78, 5) is 29.1. The molecule has 0 aliphatic heterocycles. The fraction of sp³-hybridized carbons (Fsp3) is 0.500. The highest BCUT2D eigenvalue weighted by Gasteiger charge is 2.25. The first-order chi connectivity index (χ1) is 13.6. The van der Waals surface area contributed by atoms with Gasteiger partial charge < -0.3 is 14.8 Å². The second kappa shape index (κ2) is 9.87. The van der Waals surface area contributed by atoms with E-state index in [1.54, 1.807) is 45.5 Å². The summed E-state index contributed by atoms with van der Waals surface area (Å²) in [6.45, 7) is 9.43. The lowest BCUT2D eigenvalue weighted by atomic mass is 10.1. The summed E-state index contributed by atoms with van der Waals surface area (Å²) >= 11 is 3.37. The van der Waals surface area contributed by atoms with Crippen LogP contribution in [0.3, 0.4) is 0 Å². The van der Waals surface area contributed by atoms with Crippen LogP contribution in [0.4, 0.5) is 4.79 Å². The van der Waals surface area contributed by atoms with E-state index in [4.69, 9.17) is 9.47 Å². The Morgan fingerprint density at radius 1 is 1.31 bits per heavy atom. The smallest absolute Gasteiger partial charge is 0.407 e. The molecule has 2 heterocycles. The van der Waals surface area contributed by atoms with Gasteiger partial charge in [-0.1, -0.05) is 6.07 Å². The standard InChI is InChI=1S/C20H27BrN4O4/c1-6-28-18(26)16-13(2)17(21)24-25(16)12-15(11-14-9-7-8-10-22-14)23-19(27)29-20(3,4)5/h7-10,15H,6,11-12H2,1-5H3,(H,23,27). The molecular weight excluding hydrogens is 440 g/mol. The summed E-state index contributed by atoms with van der Waals surface area (Å²) < 4.78 is 12.6. The lowest BCUT2D eigenvalue weighted by molar-refractivity contribution is 0.0496. The molecule has 0 saturated heterocycles. The van der Waals surface area contributed by atoms with Gasteiger partial charge in [-0.05, 0) is 62.7 Å². The van der Waals surface area contributed by atoms with Crippen molar-refractivity contribution in [3.05, 3.63) is 46.0 Å². The third-order valence-corrected chi connectivity index (χ3v) is 4.65. The SMILES string of the molecule is CCOC(=O)c1c(C)c(Br)nn1CC(Cc1ccccn1)NC(=O)OC(C)(C)C. The molecule has 1 unspecified atom stereocenters. The Morgan fingerprint density at radius 3 is 2.62 bits per heavy atom. The second-order valence-corrected chi connectivity index (χ2v) is 8.29. The van der Waals surface area contributed by atoms with Gasteiger partial charge in [-0.3, -0.25) is 9.67 Å². The van der Waals surface area contributed by atoms with Crippen LogP contribution in [-0.2, 0) is 22.4 Å². The van der Waals surface area contributed by atoms with E-state index in [1.165, 1.54) is 0 Å². The number of nitrogens with zero attached hydrogens (tertiary/aromatic N) is 3. The Bertz CT molecular complexity index is 846. The highest BCUT2D eigenvalue weighted by Crippen LogP contribution is 2.20. The highest BCUT2D eigenvalue weighted by molar-refractivity contribution is 9.10. The number of nitrogens with one attached hydrogen (secondary N) is 1. The van der Waals surface area contributed by atoms with Crippen LogP contribution in [0.25, 0.3) is 0 Å². The maximum Gasteiger partial charge on any atom is 0.407 e. The fourth-order valence-corrected chi connectivity index (χ4v) is 3.11. The molecule has 9 heteroatoms. The van der Waals surface area contributed by atoms with Gasteiger partial charge in [0.15, 0.2) is 5.69 Å². The molecule has 0 fully saturated rings. The van der Waals surface area contributed by atoms with Gasteiger partial charge >= 0.3 is 12.1 Å². The number of ether oxygens (including phenoxy) is 2. The van der Waals surface area contributed by atoms with Crippen molar-refractivity contribution in [2.45, 2.75) is 59.2 Å². The number of aromatic nitrogens is 3. The maximum atomic E-state index is 12.4. The summed E-state index contributed by atoms with van der Waals surface area (Å²) in [5, 5.41) is 7.26. The minimum absolute atomic E-state index is 0.246. The molecule has 158 valence electrons. The molecule has 0 aliphatic carbocycles. The number of hydrogen-bond acceptors (Lipinski definition) is 6. The predicted octanol–water partition coefficient (Wildman–Crippen LogP) is 3.66. The Morgan fingerprint density at radius 2 is 2.03 bits per heavy atom. The van der Waals surface area contributed by atoms with Crippen molar-refractivity contribution >= 4 is 28.0 Å². The van der Waals surface area contributed by atoms with Gasteiger partial charge in [-0.2, -0.15) is 5.10 Å². The van der Waals surface area contributed by atoms with E-state index < -0.39 is 23.7 Å². The molecule has 0 radical (unpaired) electrons. The predicted molar refractivity (Wildman–Crippen MR) is 112 cm³/mol. The molecule has 0 aliphatic rings. The molecule has 2 aromatic heterocycles. The van der Waals surface area contributed by atoms with Crippen LogP contribution in [0.2, 0.25) is 0 Å². The fourth-order valence-electron chi connectivity index (χ4n) is 2.73. The molecule has 0 bridgehead atoms. The first kappa shape index (κ1) is 22.9. The molecular formula is C20H27BrN4O4. The van der Waals surface area contributed by atoms with Crippen molar-refractivity contribution < 1.29 is 19.1 Å². The van der Waals surface area contributed by atoms with Crippen LogP contribution >= 0.6 is 15.9 Å². The van der Waals surface area contributed by atoms with E-state index in [-0.39, 0.29) is 13.2 Å². The van der Waals surface area contributed by atoms with Gasteiger partial charge in [-0.15, -0.1) is 0 Å². The van der Waals surface area contributed by atoms with E-state index in [0.717, 1.165) is 5.69 Å². The maximum absolute atomic E-state index is 12.4. The van der Waals surface area contributed by atoms with Crippen LogP contribution in [0.1, 0.15) is 49.4 Å². The average molecular weight is 467 g/mol. The van der Waals surface area contributed by atoms with Crippen LogP contribution < -0.4 is 5.32 Å². The van der Waals surface area contributed by atoms with Crippen LogP contribution in [-0.4, -0.2) is 45.1 Å². The lowest BCUT2D eigenvalue weighted by Gasteiger charge is -2.24. The molecule has 29 heavy (non-hydrogen) atoms. The zero-order chi connectivity index (χ0) is 21.6. The van der Waals surface area contributed by atoms with Gasteiger partial charge in [0.05, 0.1) is 19.2 Å². The first-order valence-electron chi connectivity index (χ1n) is 9.40. The third kappa shape index (κ3) is 6.85. The Hall–Kier alpha value is -2.42. The lowest BCUT2D eigenvalue weighted by Crippen LogP contribution is -2.43. The van der Waals surface area contributed by atoms with Crippen molar-refractivity contribution in [2.75, 3.05) is 6.61 Å². The van der Waals surface area contributed by atoms with E-state index in [2.05, 4.69) is 31.3 Å². The minimum atomic E-state index is -0.624. The summed E-state index contributed by atoms with van der Waals surface area (Å²) in [5.74, 6) is -0.461. The van der Waals surface area contributed by atoms with Crippen molar-refractivity contribution in [1.82, 2.24) is 20.1 Å². The number of amides is 1. The number of alkyl carbamates (subject to hydrolysis) is 1. The van der Waals surface area contributed by atoms with Gasteiger partial charge in [0.2, 0.25) is 0 Å². The number of carbonyl (C=O) groups is 2. The Kier molecular flexibility index (Phi) is 7.78. The Labute approximate surface area is 179 Å². The number of hydrogen-bond donors (Lipinski definition) is 1. The van der Waals surface area contributed by atoms with Crippen LogP contribution in [0, 0.1) is 6.92 Å². The van der Waals surface area contributed by atoms with Gasteiger partial charge in [0, 0.05) is 23.9 Å². The van der Waals surface area contributed by atoms with Gasteiger partial charge in [0.25, 0.3) is 0 Å². The summed E-state index contributed by atoms with van der Waals surface area (Å²) in [6, 6.07) is 5.18. The molecule has 1 N–H and O–H groups in total. The second-order valence-electron chi connectivity index (χ2n) is 7.54. The van der Waals surface area contributed by atoms with Gasteiger partial charge in [0.1, 0.15) is 10.2 Å². The molecule has 8 nitrogen and oxygen atoms in total. The quantitative estimate of drug-likeness (QED) is 0.625. The van der Waals surface area contributed by atoms with Crippen molar-refractivity contribution in [2.24, 2.45) is 0 Å². The summed E-state index contributed by atoms with van der Waals surface area (Å²) in [6.07, 6.45) is 1.59. The number of halogens is 1. The van der Waals surface area contributed by atoms with Gasteiger partial charge in [-0.25, -0.2) is 9.59 Å². The summed E-state index contributed by atoms with van der Waals surface area (Å²) in [7, 11) is 0. The summed E-state index contributed by atoms with van der Waals surface area (Å²) in [5.41, 5.74) is 1.20. The molecule has 0 saturated carbocycles. The molecule has 1 atom stereocenters. The first-order valence-corrected chi connectivity index (χ1v) is 10.2. The highest BCUT2D eigenvalue weighted by atomic mass is 79.9. The number of carbonyl (C=O) groups excluding carboxylic acids is 2. The van der Waals surface area contributed by atoms with E-state index in [0.29, 0.717) is 22.3 Å². The monoisotopic (exact) mass is 466 g/mol. The third-order valence-electron chi connectivity index (χ3n) is 3.90. The Balaban J connectivity index is 2.28. The normalized spacial score (nSPS) is 12.3. The average Bonchev–Trinajstić information content (AvgIpc) is 2.88.